The normalized spacial score (nSPS) is 13.8. The molecule has 0 aromatic heterocycles. The first kappa shape index (κ1) is 14.7. The van der Waals surface area contributed by atoms with Crippen molar-refractivity contribution in [1.82, 2.24) is 0 Å². The van der Waals surface area contributed by atoms with Crippen molar-refractivity contribution in [3.8, 4) is 0 Å². The first-order valence-electron chi connectivity index (χ1n) is 5.72. The van der Waals surface area contributed by atoms with E-state index in [4.69, 9.17) is 0 Å². The van der Waals surface area contributed by atoms with Crippen molar-refractivity contribution < 1.29 is 9.18 Å². The summed E-state index contributed by atoms with van der Waals surface area (Å²) in [6.45, 7) is 0. The zero-order chi connectivity index (χ0) is 13.8. The molecule has 0 amide bonds. The van der Waals surface area contributed by atoms with Crippen LogP contribution in [0.25, 0.3) is 0 Å². The Morgan fingerprint density at radius 1 is 1.05 bits per heavy atom. The largest absolute Gasteiger partial charge is 0.293 e. The second kappa shape index (κ2) is 6.61. The first-order chi connectivity index (χ1) is 9.09. The second-order valence-electron chi connectivity index (χ2n) is 4.09. The van der Waals surface area contributed by atoms with E-state index < -0.39 is 10.1 Å². The van der Waals surface area contributed by atoms with Crippen LogP contribution in [0, 0.1) is 0 Å². The molecule has 0 heterocycles. The van der Waals surface area contributed by atoms with Gasteiger partial charge in [0.2, 0.25) is 0 Å². The van der Waals surface area contributed by atoms with E-state index in [9.17, 15) is 9.18 Å². The Morgan fingerprint density at radius 2 is 1.63 bits per heavy atom. The Morgan fingerprint density at radius 3 is 2.21 bits per heavy atom. The van der Waals surface area contributed by atoms with Gasteiger partial charge in [-0.05, 0) is 17.7 Å². The maximum Gasteiger partial charge on any atom is 0.178 e. The zero-order valence-electron chi connectivity index (χ0n) is 9.89. The summed E-state index contributed by atoms with van der Waals surface area (Å²) in [4.78, 5) is 12.2. The van der Waals surface area contributed by atoms with E-state index in [1.807, 2.05) is 28.7 Å². The second-order valence-corrected chi connectivity index (χ2v) is 6.34. The van der Waals surface area contributed by atoms with Gasteiger partial charge in [0, 0.05) is 10.0 Å². The van der Waals surface area contributed by atoms with Gasteiger partial charge in [-0.1, -0.05) is 81.0 Å². The highest BCUT2D eigenvalue weighted by atomic mass is 127. The summed E-state index contributed by atoms with van der Waals surface area (Å²) in [6.07, 6.45) is -1.29. The number of hydrogen-bond donors (Lipinski definition) is 0. The highest BCUT2D eigenvalue weighted by molar-refractivity contribution is 14.1. The topological polar surface area (TPSA) is 17.1 Å². The van der Waals surface area contributed by atoms with Crippen molar-refractivity contribution in [2.24, 2.45) is 0 Å². The molecule has 2 rings (SSSR count). The van der Waals surface area contributed by atoms with Crippen LogP contribution in [-0.4, -0.2) is 9.71 Å². The lowest BCUT2D eigenvalue weighted by molar-refractivity contribution is 0.0964. The fraction of sp³-hybridized carbons (Fsp3) is 0.133. The average Bonchev–Trinajstić information content (AvgIpc) is 2.46. The number of carbonyl (C=O) groups excluding carboxylic acids is 1. The number of halogens is 3. The Kier molecular flexibility index (Phi) is 5.10. The number of ketones is 1. The highest BCUT2D eigenvalue weighted by Gasteiger charge is 2.27. The molecule has 0 unspecified atom stereocenters. The van der Waals surface area contributed by atoms with Gasteiger partial charge in [0.25, 0.3) is 0 Å². The lowest BCUT2D eigenvalue weighted by Crippen LogP contribution is -2.19. The van der Waals surface area contributed by atoms with Gasteiger partial charge >= 0.3 is 0 Å². The fourth-order valence-corrected chi connectivity index (χ4v) is 2.75. The molecule has 0 aliphatic carbocycles. The van der Waals surface area contributed by atoms with Gasteiger partial charge in [-0.3, -0.25) is 4.79 Å². The number of rotatable bonds is 4. The predicted octanol–water partition coefficient (Wildman–Crippen LogP) is 5.15. The third-order valence-electron chi connectivity index (χ3n) is 2.75. The van der Waals surface area contributed by atoms with Crippen molar-refractivity contribution in [2.45, 2.75) is 10.1 Å². The zero-order valence-corrected chi connectivity index (χ0v) is 13.6. The van der Waals surface area contributed by atoms with Crippen LogP contribution in [0.1, 0.15) is 22.1 Å². The van der Waals surface area contributed by atoms with Gasteiger partial charge in [-0.2, -0.15) is 0 Å². The minimum atomic E-state index is -1.29. The third kappa shape index (κ3) is 3.63. The molecular weight excluding hydrogens is 422 g/mol. The molecule has 4 heteroatoms. The van der Waals surface area contributed by atoms with Crippen LogP contribution in [0.4, 0.5) is 4.39 Å². The van der Waals surface area contributed by atoms with Crippen LogP contribution in [0.2, 0.25) is 0 Å². The van der Waals surface area contributed by atoms with Crippen molar-refractivity contribution in [3.63, 3.8) is 0 Å². The SMILES string of the molecule is O=C(c1ccc(Br)cc1)[C@H](I)[C@H](F)c1ccccc1. The van der Waals surface area contributed by atoms with Crippen molar-refractivity contribution in [2.75, 3.05) is 0 Å². The first-order valence-corrected chi connectivity index (χ1v) is 7.76. The fourth-order valence-electron chi connectivity index (χ4n) is 1.71. The van der Waals surface area contributed by atoms with E-state index in [1.165, 1.54) is 0 Å². The number of benzene rings is 2. The summed E-state index contributed by atoms with van der Waals surface area (Å²) in [6, 6.07) is 15.8. The van der Waals surface area contributed by atoms with Crippen LogP contribution >= 0.6 is 38.5 Å². The summed E-state index contributed by atoms with van der Waals surface area (Å²) >= 11 is 5.18. The predicted molar refractivity (Wildman–Crippen MR) is 86.6 cm³/mol. The van der Waals surface area contributed by atoms with Crippen LogP contribution < -0.4 is 0 Å². The maximum absolute atomic E-state index is 14.3. The van der Waals surface area contributed by atoms with E-state index in [0.717, 1.165) is 4.47 Å². The quantitative estimate of drug-likeness (QED) is 0.371. The standard InChI is InChI=1S/C15H11BrFIO/c16-12-8-6-11(7-9-12)15(19)14(18)13(17)10-4-2-1-3-5-10/h1-9,13-14H/t13-,14-/m1/s1. The molecule has 0 saturated heterocycles. The van der Waals surface area contributed by atoms with E-state index in [1.54, 1.807) is 48.5 Å². The molecule has 0 radical (unpaired) electrons. The monoisotopic (exact) mass is 432 g/mol. The lowest BCUT2D eigenvalue weighted by Gasteiger charge is -2.14. The van der Waals surface area contributed by atoms with Gasteiger partial charge in [0.05, 0.1) is 0 Å². The van der Waals surface area contributed by atoms with Crippen LogP contribution in [0.3, 0.4) is 0 Å². The molecule has 0 aliphatic rings. The van der Waals surface area contributed by atoms with Crippen molar-refractivity contribution >= 4 is 44.3 Å². The Hall–Kier alpha value is -0.750. The summed E-state index contributed by atoms with van der Waals surface area (Å²) < 4.78 is 14.5. The van der Waals surface area contributed by atoms with Crippen LogP contribution in [0.5, 0.6) is 0 Å². The lowest BCUT2D eigenvalue weighted by atomic mass is 10.0. The third-order valence-corrected chi connectivity index (χ3v) is 4.48. The average molecular weight is 433 g/mol. The Bertz CT molecular complexity index is 556. The summed E-state index contributed by atoms with van der Waals surface area (Å²) in [5, 5.41) is 0. The van der Waals surface area contributed by atoms with E-state index >= 15 is 0 Å². The molecule has 0 bridgehead atoms. The molecule has 0 spiro atoms. The molecule has 1 nitrogen and oxygen atoms in total. The molecule has 0 N–H and O–H groups in total. The van der Waals surface area contributed by atoms with Gasteiger partial charge in [0.1, 0.15) is 10.1 Å². The molecule has 2 aromatic carbocycles. The minimum Gasteiger partial charge on any atom is -0.293 e. The molecule has 19 heavy (non-hydrogen) atoms. The van der Waals surface area contributed by atoms with Crippen molar-refractivity contribution in [3.05, 3.63) is 70.2 Å². The summed E-state index contributed by atoms with van der Waals surface area (Å²) in [7, 11) is 0. The highest BCUT2D eigenvalue weighted by Crippen LogP contribution is 2.29. The van der Waals surface area contributed by atoms with Crippen LogP contribution in [0.15, 0.2) is 59.1 Å². The molecule has 0 saturated carbocycles. The molecule has 0 fully saturated rings. The van der Waals surface area contributed by atoms with E-state index in [0.29, 0.717) is 11.1 Å². The number of alkyl halides is 2. The van der Waals surface area contributed by atoms with Gasteiger partial charge in [-0.15, -0.1) is 0 Å². The van der Waals surface area contributed by atoms with Gasteiger partial charge in [-0.25, -0.2) is 4.39 Å². The Balaban J connectivity index is 2.17. The summed E-state index contributed by atoms with van der Waals surface area (Å²) in [5.41, 5.74) is 1.06. The maximum atomic E-state index is 14.3. The van der Waals surface area contributed by atoms with E-state index in [2.05, 4.69) is 15.9 Å². The molecule has 2 atom stereocenters. The van der Waals surface area contributed by atoms with E-state index in [-0.39, 0.29) is 5.78 Å². The smallest absolute Gasteiger partial charge is 0.178 e. The van der Waals surface area contributed by atoms with Gasteiger partial charge < -0.3 is 0 Å². The molecular formula is C15H11BrFIO. The molecule has 2 aromatic rings. The number of carbonyl (C=O) groups is 1. The molecule has 98 valence electrons. The Labute approximate surface area is 133 Å². The number of Topliss-reactive ketones (excluding diaryl/α,β-unsaturated/α-hetero) is 1. The number of hydrogen-bond acceptors (Lipinski definition) is 1. The van der Waals surface area contributed by atoms with Crippen LogP contribution in [-0.2, 0) is 0 Å². The molecule has 0 aliphatic heterocycles. The van der Waals surface area contributed by atoms with Crippen molar-refractivity contribution in [1.29, 1.82) is 0 Å². The van der Waals surface area contributed by atoms with Gasteiger partial charge in [0.15, 0.2) is 5.78 Å². The summed E-state index contributed by atoms with van der Waals surface area (Å²) in [5.74, 6) is -0.190. The minimum absolute atomic E-state index is 0.190.